The van der Waals surface area contributed by atoms with Gasteiger partial charge in [0.1, 0.15) is 17.4 Å². The van der Waals surface area contributed by atoms with Gasteiger partial charge in [0.05, 0.1) is 6.61 Å². The molecule has 1 aliphatic rings. The van der Waals surface area contributed by atoms with E-state index in [1.165, 1.54) is 6.42 Å². The van der Waals surface area contributed by atoms with E-state index < -0.39 is 0 Å². The van der Waals surface area contributed by atoms with Crippen LogP contribution in [0.25, 0.3) is 16.8 Å². The third-order valence-corrected chi connectivity index (χ3v) is 5.47. The Balaban J connectivity index is 1.95. The minimum absolute atomic E-state index is 0.121. The lowest BCUT2D eigenvalue weighted by atomic mass is 9.86. The second-order valence-electron chi connectivity index (χ2n) is 7.56. The number of carbonyl (C=O) groups excluding carboxylic acids is 1. The summed E-state index contributed by atoms with van der Waals surface area (Å²) in [5.41, 5.74) is 0.908. The van der Waals surface area contributed by atoms with Crippen LogP contribution in [0.3, 0.4) is 0 Å². The normalized spacial score (nSPS) is 19.8. The number of nitrogens with one attached hydrogen (secondary N) is 1. The number of fused-ring (bicyclic) bond motifs is 1. The summed E-state index contributed by atoms with van der Waals surface area (Å²) >= 11 is 0. The van der Waals surface area contributed by atoms with Gasteiger partial charge in [-0.1, -0.05) is 57.0 Å². The Labute approximate surface area is 167 Å². The van der Waals surface area contributed by atoms with E-state index in [1.54, 1.807) is 6.08 Å². The summed E-state index contributed by atoms with van der Waals surface area (Å²) in [5.74, 6) is 0.849. The Bertz CT molecular complexity index is 910. The van der Waals surface area contributed by atoms with E-state index in [4.69, 9.17) is 4.74 Å². The first-order valence-corrected chi connectivity index (χ1v) is 10.2. The molecule has 0 heterocycles. The molecule has 2 aromatic rings. The van der Waals surface area contributed by atoms with E-state index in [1.807, 2.05) is 36.4 Å². The molecule has 0 radical (unpaired) electrons. The number of hydrogen-bond donors (Lipinski definition) is 1. The second kappa shape index (κ2) is 9.41. The molecule has 3 rings (SSSR count). The van der Waals surface area contributed by atoms with Crippen LogP contribution in [-0.2, 0) is 4.79 Å². The molecule has 1 N–H and O–H groups in total. The number of rotatable bonds is 6. The Morgan fingerprint density at radius 3 is 2.79 bits per heavy atom. The highest BCUT2D eigenvalue weighted by atomic mass is 16.5. The number of nitriles is 1. The predicted octanol–water partition coefficient (Wildman–Crippen LogP) is 5.23. The molecule has 0 aliphatic heterocycles. The van der Waals surface area contributed by atoms with Crippen molar-refractivity contribution in [1.29, 1.82) is 5.26 Å². The Hall–Kier alpha value is -2.80. The molecule has 1 aliphatic carbocycles. The maximum atomic E-state index is 12.8. The van der Waals surface area contributed by atoms with E-state index in [2.05, 4.69) is 25.2 Å². The van der Waals surface area contributed by atoms with Crippen LogP contribution in [0.5, 0.6) is 5.75 Å². The third kappa shape index (κ3) is 4.54. The fraction of sp³-hybridized carbons (Fsp3) is 0.417. The average molecular weight is 377 g/mol. The van der Waals surface area contributed by atoms with Gasteiger partial charge in [-0.2, -0.15) is 5.26 Å². The van der Waals surface area contributed by atoms with Gasteiger partial charge in [-0.25, -0.2) is 0 Å². The van der Waals surface area contributed by atoms with Crippen LogP contribution in [0.4, 0.5) is 0 Å². The molecule has 0 aromatic heterocycles. The van der Waals surface area contributed by atoms with Crippen LogP contribution >= 0.6 is 0 Å². The SMILES string of the molecule is CCCOc1ccc2ccccc2c1/C=C(\C#N)C(=O)N[C@@H]1CCCC[C@H]1C. The highest BCUT2D eigenvalue weighted by molar-refractivity contribution is 6.05. The van der Waals surface area contributed by atoms with Gasteiger partial charge in [0.25, 0.3) is 5.91 Å². The smallest absolute Gasteiger partial charge is 0.262 e. The highest BCUT2D eigenvalue weighted by Crippen LogP contribution is 2.31. The Morgan fingerprint density at radius 1 is 1.25 bits per heavy atom. The van der Waals surface area contributed by atoms with Crippen LogP contribution in [0, 0.1) is 17.2 Å². The molecule has 28 heavy (non-hydrogen) atoms. The predicted molar refractivity (Wildman–Crippen MR) is 113 cm³/mol. The maximum Gasteiger partial charge on any atom is 0.262 e. The fourth-order valence-corrected chi connectivity index (χ4v) is 3.83. The topological polar surface area (TPSA) is 62.1 Å². The zero-order chi connectivity index (χ0) is 19.9. The summed E-state index contributed by atoms with van der Waals surface area (Å²) in [6.07, 6.45) is 7.00. The zero-order valence-corrected chi connectivity index (χ0v) is 16.7. The number of carbonyl (C=O) groups is 1. The molecule has 2 atom stereocenters. The van der Waals surface area contributed by atoms with Crippen molar-refractivity contribution in [2.75, 3.05) is 6.61 Å². The molecular weight excluding hydrogens is 348 g/mol. The lowest BCUT2D eigenvalue weighted by Gasteiger charge is -2.29. The largest absolute Gasteiger partial charge is 0.493 e. The van der Waals surface area contributed by atoms with Crippen molar-refractivity contribution >= 4 is 22.8 Å². The van der Waals surface area contributed by atoms with Crippen molar-refractivity contribution in [3.8, 4) is 11.8 Å². The standard InChI is InChI=1S/C24H28N2O2/c1-3-14-28-23-13-12-18-9-5-6-10-20(18)21(23)15-19(16-25)24(27)26-22-11-7-4-8-17(22)2/h5-6,9-10,12-13,15,17,22H,3-4,7-8,11,14H2,1-2H3,(H,26,27)/b19-15+/t17-,22-/m1/s1. The van der Waals surface area contributed by atoms with Crippen LogP contribution in [0.1, 0.15) is 51.5 Å². The quantitative estimate of drug-likeness (QED) is 0.554. The van der Waals surface area contributed by atoms with E-state index in [9.17, 15) is 10.1 Å². The van der Waals surface area contributed by atoms with Gasteiger partial charge in [0, 0.05) is 11.6 Å². The van der Waals surface area contributed by atoms with E-state index in [0.717, 1.165) is 42.0 Å². The van der Waals surface area contributed by atoms with Crippen LogP contribution in [0.15, 0.2) is 42.0 Å². The van der Waals surface area contributed by atoms with Crippen molar-refractivity contribution < 1.29 is 9.53 Å². The minimum atomic E-state index is -0.296. The van der Waals surface area contributed by atoms with E-state index in [-0.39, 0.29) is 17.5 Å². The first-order valence-electron chi connectivity index (χ1n) is 10.2. The molecule has 1 fully saturated rings. The summed E-state index contributed by atoms with van der Waals surface area (Å²) in [6, 6.07) is 14.1. The lowest BCUT2D eigenvalue weighted by Crippen LogP contribution is -2.41. The monoisotopic (exact) mass is 376 g/mol. The number of hydrogen-bond acceptors (Lipinski definition) is 3. The molecule has 0 spiro atoms. The minimum Gasteiger partial charge on any atom is -0.493 e. The number of ether oxygens (including phenoxy) is 1. The molecule has 0 unspecified atom stereocenters. The first-order chi connectivity index (χ1) is 13.6. The van der Waals surface area contributed by atoms with Crippen LogP contribution in [0.2, 0.25) is 0 Å². The van der Waals surface area contributed by atoms with Crippen molar-refractivity contribution in [2.45, 2.75) is 52.0 Å². The number of amides is 1. The van der Waals surface area contributed by atoms with E-state index in [0.29, 0.717) is 18.3 Å². The molecule has 4 nitrogen and oxygen atoms in total. The number of benzene rings is 2. The van der Waals surface area contributed by atoms with Gasteiger partial charge in [-0.15, -0.1) is 0 Å². The van der Waals surface area contributed by atoms with Crippen LogP contribution in [-0.4, -0.2) is 18.6 Å². The van der Waals surface area contributed by atoms with Gasteiger partial charge in [-0.05, 0) is 48.1 Å². The van der Waals surface area contributed by atoms with Gasteiger partial charge >= 0.3 is 0 Å². The van der Waals surface area contributed by atoms with Gasteiger partial charge in [0.2, 0.25) is 0 Å². The second-order valence-corrected chi connectivity index (χ2v) is 7.56. The molecule has 146 valence electrons. The average Bonchev–Trinajstić information content (AvgIpc) is 2.72. The van der Waals surface area contributed by atoms with Gasteiger partial charge in [0.15, 0.2) is 0 Å². The summed E-state index contributed by atoms with van der Waals surface area (Å²) in [4.78, 5) is 12.8. The fourth-order valence-electron chi connectivity index (χ4n) is 3.83. The molecule has 0 saturated heterocycles. The first kappa shape index (κ1) is 19.9. The number of nitrogens with zero attached hydrogens (tertiary/aromatic N) is 1. The molecule has 1 saturated carbocycles. The summed E-state index contributed by atoms with van der Waals surface area (Å²) in [7, 11) is 0. The molecule has 1 amide bonds. The van der Waals surface area contributed by atoms with Crippen LogP contribution < -0.4 is 10.1 Å². The lowest BCUT2D eigenvalue weighted by molar-refractivity contribution is -0.118. The molecule has 2 aromatic carbocycles. The Morgan fingerprint density at radius 2 is 2.04 bits per heavy atom. The van der Waals surface area contributed by atoms with Gasteiger partial charge in [-0.3, -0.25) is 4.79 Å². The molecule has 0 bridgehead atoms. The summed E-state index contributed by atoms with van der Waals surface area (Å²) < 4.78 is 5.90. The highest BCUT2D eigenvalue weighted by Gasteiger charge is 2.24. The van der Waals surface area contributed by atoms with Crippen molar-refractivity contribution in [1.82, 2.24) is 5.32 Å². The van der Waals surface area contributed by atoms with Crippen molar-refractivity contribution in [2.24, 2.45) is 5.92 Å². The summed E-state index contributed by atoms with van der Waals surface area (Å²) in [5, 5.41) is 14.8. The third-order valence-electron chi connectivity index (χ3n) is 5.47. The summed E-state index contributed by atoms with van der Waals surface area (Å²) in [6.45, 7) is 4.81. The maximum absolute atomic E-state index is 12.8. The van der Waals surface area contributed by atoms with Crippen molar-refractivity contribution in [3.63, 3.8) is 0 Å². The Kier molecular flexibility index (Phi) is 6.71. The molecular formula is C24H28N2O2. The van der Waals surface area contributed by atoms with Gasteiger partial charge < -0.3 is 10.1 Å². The van der Waals surface area contributed by atoms with Crippen molar-refractivity contribution in [3.05, 3.63) is 47.5 Å². The molecule has 4 heteroatoms. The van der Waals surface area contributed by atoms with E-state index >= 15 is 0 Å². The zero-order valence-electron chi connectivity index (χ0n) is 16.7.